The number of alkyl carbamates (subject to hydrolysis) is 1. The highest BCUT2D eigenvalue weighted by Gasteiger charge is 2.30. The molecule has 2 aliphatic carbocycles. The number of fused-ring (bicyclic) bond motifs is 3. The standard InChI is InChI=1S/C24H24N2O6/c1-14(23(28)29)32-26-22(27)15-10-11-16(12-15)25-24(30)31-13-21-19-8-4-2-6-17(19)18-7-3-5-9-20(18)21/h2-10,14,16,21H,11-13H2,1H3,(H,25,30)(H,26,27)(H,28,29). The molecule has 0 saturated heterocycles. The van der Waals surface area contributed by atoms with Gasteiger partial charge in [-0.2, -0.15) is 0 Å². The molecule has 166 valence electrons. The van der Waals surface area contributed by atoms with Gasteiger partial charge in [0, 0.05) is 17.5 Å². The molecule has 4 rings (SSSR count). The van der Waals surface area contributed by atoms with Crippen LogP contribution in [0.5, 0.6) is 0 Å². The van der Waals surface area contributed by atoms with E-state index in [1.54, 1.807) is 6.08 Å². The largest absolute Gasteiger partial charge is 0.479 e. The van der Waals surface area contributed by atoms with Gasteiger partial charge in [-0.25, -0.2) is 15.1 Å². The molecule has 32 heavy (non-hydrogen) atoms. The number of carbonyl (C=O) groups is 3. The van der Waals surface area contributed by atoms with E-state index in [1.807, 2.05) is 24.3 Å². The van der Waals surface area contributed by atoms with Crippen molar-refractivity contribution in [2.45, 2.75) is 37.8 Å². The van der Waals surface area contributed by atoms with Gasteiger partial charge in [0.2, 0.25) is 0 Å². The van der Waals surface area contributed by atoms with E-state index in [2.05, 4.69) is 35.1 Å². The first-order chi connectivity index (χ1) is 15.4. The molecule has 0 radical (unpaired) electrons. The smallest absolute Gasteiger partial charge is 0.407 e. The molecule has 8 heteroatoms. The maximum Gasteiger partial charge on any atom is 0.407 e. The summed E-state index contributed by atoms with van der Waals surface area (Å²) in [6.07, 6.45) is 0.777. The average molecular weight is 436 g/mol. The number of carboxylic acid groups (broad SMARTS) is 1. The molecular formula is C24H24N2O6. The minimum absolute atomic E-state index is 0.0236. The summed E-state index contributed by atoms with van der Waals surface area (Å²) < 4.78 is 5.54. The van der Waals surface area contributed by atoms with Gasteiger partial charge in [0.1, 0.15) is 6.61 Å². The van der Waals surface area contributed by atoms with Crippen LogP contribution in [-0.2, 0) is 19.2 Å². The number of carboxylic acids is 1. The Hall–Kier alpha value is -3.65. The number of hydrogen-bond donors (Lipinski definition) is 3. The summed E-state index contributed by atoms with van der Waals surface area (Å²) in [6.45, 7) is 1.53. The summed E-state index contributed by atoms with van der Waals surface area (Å²) in [6, 6.07) is 16.0. The van der Waals surface area contributed by atoms with Crippen molar-refractivity contribution in [1.29, 1.82) is 0 Å². The van der Waals surface area contributed by atoms with Crippen LogP contribution >= 0.6 is 0 Å². The molecule has 2 unspecified atom stereocenters. The summed E-state index contributed by atoms with van der Waals surface area (Å²) in [7, 11) is 0. The fraction of sp³-hybridized carbons (Fsp3) is 0.292. The number of aliphatic carboxylic acids is 1. The fourth-order valence-electron chi connectivity index (χ4n) is 4.08. The number of rotatable bonds is 7. The van der Waals surface area contributed by atoms with Gasteiger partial charge in [-0.3, -0.25) is 9.63 Å². The van der Waals surface area contributed by atoms with Crippen LogP contribution in [0, 0.1) is 0 Å². The van der Waals surface area contributed by atoms with Crippen LogP contribution in [0.2, 0.25) is 0 Å². The van der Waals surface area contributed by atoms with Gasteiger partial charge in [-0.1, -0.05) is 54.6 Å². The van der Waals surface area contributed by atoms with Gasteiger partial charge in [0.25, 0.3) is 5.91 Å². The summed E-state index contributed by atoms with van der Waals surface area (Å²) in [5.41, 5.74) is 7.15. The van der Waals surface area contributed by atoms with Crippen LogP contribution in [0.15, 0.2) is 60.2 Å². The van der Waals surface area contributed by atoms with Gasteiger partial charge in [0.05, 0.1) is 0 Å². The van der Waals surface area contributed by atoms with E-state index >= 15 is 0 Å². The third-order valence-electron chi connectivity index (χ3n) is 5.75. The van der Waals surface area contributed by atoms with Crippen molar-refractivity contribution in [2.24, 2.45) is 0 Å². The van der Waals surface area contributed by atoms with Crippen LogP contribution in [-0.4, -0.2) is 41.8 Å². The van der Waals surface area contributed by atoms with Crippen LogP contribution < -0.4 is 10.8 Å². The second-order valence-electron chi connectivity index (χ2n) is 7.87. The van der Waals surface area contributed by atoms with Crippen molar-refractivity contribution >= 4 is 18.0 Å². The number of ether oxygens (including phenoxy) is 1. The first kappa shape index (κ1) is 21.6. The van der Waals surface area contributed by atoms with E-state index < -0.39 is 24.1 Å². The first-order valence-corrected chi connectivity index (χ1v) is 10.4. The van der Waals surface area contributed by atoms with Crippen molar-refractivity contribution in [3.8, 4) is 11.1 Å². The number of hydroxylamine groups is 1. The Morgan fingerprint density at radius 2 is 1.69 bits per heavy atom. The highest BCUT2D eigenvalue weighted by Crippen LogP contribution is 2.44. The van der Waals surface area contributed by atoms with Crippen molar-refractivity contribution in [3.05, 3.63) is 71.3 Å². The molecule has 2 aromatic carbocycles. The topological polar surface area (TPSA) is 114 Å². The van der Waals surface area contributed by atoms with Gasteiger partial charge < -0.3 is 15.2 Å². The van der Waals surface area contributed by atoms with Crippen molar-refractivity contribution < 1.29 is 29.1 Å². The number of carbonyl (C=O) groups excluding carboxylic acids is 2. The summed E-state index contributed by atoms with van der Waals surface area (Å²) in [5, 5.41) is 11.6. The molecule has 0 aliphatic heterocycles. The van der Waals surface area contributed by atoms with Gasteiger partial charge in [0.15, 0.2) is 6.10 Å². The molecule has 0 fully saturated rings. The molecular weight excluding hydrogens is 412 g/mol. The third-order valence-corrected chi connectivity index (χ3v) is 5.75. The van der Waals surface area contributed by atoms with E-state index in [-0.39, 0.29) is 18.6 Å². The molecule has 0 bridgehead atoms. The minimum atomic E-state index is -1.18. The highest BCUT2D eigenvalue weighted by molar-refractivity contribution is 5.93. The zero-order valence-corrected chi connectivity index (χ0v) is 17.5. The zero-order valence-electron chi connectivity index (χ0n) is 17.5. The van der Waals surface area contributed by atoms with E-state index in [4.69, 9.17) is 14.7 Å². The van der Waals surface area contributed by atoms with E-state index in [9.17, 15) is 14.4 Å². The SMILES string of the molecule is CC(ONC(=O)C1=CCC(NC(=O)OCC2c3ccccc3-c3ccccc32)C1)C(=O)O. The lowest BCUT2D eigenvalue weighted by atomic mass is 9.98. The lowest BCUT2D eigenvalue weighted by Gasteiger charge is -2.17. The molecule has 0 saturated carbocycles. The van der Waals surface area contributed by atoms with Crippen molar-refractivity contribution in [3.63, 3.8) is 0 Å². The Labute approximate surface area is 185 Å². The molecule has 3 N–H and O–H groups in total. The Bertz CT molecular complexity index is 1030. The Morgan fingerprint density at radius 3 is 2.31 bits per heavy atom. The summed E-state index contributed by atoms with van der Waals surface area (Å²) in [4.78, 5) is 40.0. The first-order valence-electron chi connectivity index (χ1n) is 10.4. The van der Waals surface area contributed by atoms with Crippen LogP contribution in [0.1, 0.15) is 36.8 Å². The zero-order chi connectivity index (χ0) is 22.7. The number of benzene rings is 2. The second-order valence-corrected chi connectivity index (χ2v) is 7.87. The third kappa shape index (κ3) is 4.50. The molecule has 2 amide bonds. The molecule has 0 heterocycles. The fourth-order valence-corrected chi connectivity index (χ4v) is 4.08. The van der Waals surface area contributed by atoms with Crippen molar-refractivity contribution in [2.75, 3.05) is 6.61 Å². The molecule has 8 nitrogen and oxygen atoms in total. The highest BCUT2D eigenvalue weighted by atomic mass is 16.7. The monoisotopic (exact) mass is 436 g/mol. The van der Waals surface area contributed by atoms with Crippen molar-refractivity contribution in [1.82, 2.24) is 10.8 Å². The molecule has 2 aromatic rings. The molecule has 2 aliphatic rings. The maximum atomic E-state index is 12.4. The Balaban J connectivity index is 1.28. The number of nitrogens with one attached hydrogen (secondary N) is 2. The predicted molar refractivity (Wildman–Crippen MR) is 116 cm³/mol. The maximum absolute atomic E-state index is 12.4. The summed E-state index contributed by atoms with van der Waals surface area (Å²) in [5.74, 6) is -1.72. The van der Waals surface area contributed by atoms with Crippen LogP contribution in [0.4, 0.5) is 4.79 Å². The molecule has 0 aromatic heterocycles. The predicted octanol–water partition coefficient (Wildman–Crippen LogP) is 3.13. The van der Waals surface area contributed by atoms with Gasteiger partial charge in [-0.05, 0) is 42.0 Å². The number of hydrogen-bond acceptors (Lipinski definition) is 5. The Kier molecular flexibility index (Phi) is 6.23. The minimum Gasteiger partial charge on any atom is -0.479 e. The van der Waals surface area contributed by atoms with E-state index in [0.29, 0.717) is 18.4 Å². The van der Waals surface area contributed by atoms with E-state index in [1.165, 1.54) is 6.92 Å². The molecule has 2 atom stereocenters. The summed E-state index contributed by atoms with van der Waals surface area (Å²) >= 11 is 0. The average Bonchev–Trinajstić information content (AvgIpc) is 3.38. The lowest BCUT2D eigenvalue weighted by Crippen LogP contribution is -2.36. The van der Waals surface area contributed by atoms with Gasteiger partial charge in [-0.15, -0.1) is 0 Å². The lowest BCUT2D eigenvalue weighted by molar-refractivity contribution is -0.157. The quantitative estimate of drug-likeness (QED) is 0.575. The van der Waals surface area contributed by atoms with Crippen LogP contribution in [0.3, 0.4) is 0 Å². The number of amides is 2. The normalized spacial score (nSPS) is 17.7. The van der Waals surface area contributed by atoms with Gasteiger partial charge >= 0.3 is 12.1 Å². The second kappa shape index (κ2) is 9.23. The van der Waals surface area contributed by atoms with Crippen LogP contribution in [0.25, 0.3) is 11.1 Å². The molecule has 0 spiro atoms. The Morgan fingerprint density at radius 1 is 1.06 bits per heavy atom. The van der Waals surface area contributed by atoms with E-state index in [0.717, 1.165) is 22.3 Å².